The number of nitrogens with one attached hydrogen (secondary N) is 1. The number of anilines is 1. The van der Waals surface area contributed by atoms with Crippen LogP contribution >= 0.6 is 0 Å². The lowest BCUT2D eigenvalue weighted by Crippen LogP contribution is -2.36. The van der Waals surface area contributed by atoms with Crippen LogP contribution in [0, 0.1) is 0 Å². The van der Waals surface area contributed by atoms with Gasteiger partial charge in [-0.15, -0.1) is 0 Å². The van der Waals surface area contributed by atoms with E-state index in [-0.39, 0.29) is 11.9 Å². The number of hydrogen-bond acceptors (Lipinski definition) is 3. The predicted molar refractivity (Wildman–Crippen MR) is 94.9 cm³/mol. The molecule has 0 unspecified atom stereocenters. The molecule has 1 N–H and O–H groups in total. The van der Waals surface area contributed by atoms with Gasteiger partial charge in [-0.05, 0) is 24.1 Å². The Bertz CT molecular complexity index is 753. The Hall–Kier alpha value is -2.83. The zero-order chi connectivity index (χ0) is 17.8. The summed E-state index contributed by atoms with van der Waals surface area (Å²) in [5.41, 5.74) is 2.91. The van der Waals surface area contributed by atoms with Crippen LogP contribution in [-0.2, 0) is 24.9 Å². The van der Waals surface area contributed by atoms with Crippen LogP contribution in [0.5, 0.6) is 0 Å². The maximum absolute atomic E-state index is 12.2. The molecule has 1 aromatic heterocycles. The molecule has 1 aromatic carbocycles. The number of aryl methyl sites for hydroxylation is 1. The van der Waals surface area contributed by atoms with E-state index in [9.17, 15) is 9.59 Å². The van der Waals surface area contributed by atoms with Crippen molar-refractivity contribution < 1.29 is 9.59 Å². The fourth-order valence-electron chi connectivity index (χ4n) is 2.93. The van der Waals surface area contributed by atoms with Crippen molar-refractivity contribution in [3.05, 3.63) is 47.8 Å². The summed E-state index contributed by atoms with van der Waals surface area (Å²) in [5, 5.41) is 7.00. The van der Waals surface area contributed by atoms with Crippen molar-refractivity contribution in [2.45, 2.75) is 25.9 Å². The SMILES string of the molecule is CN(Cc1cnn(C)c1)C(=O)NCc1ccc(N2CCCC2=O)cc1. The minimum Gasteiger partial charge on any atom is -0.334 e. The van der Waals surface area contributed by atoms with E-state index >= 15 is 0 Å². The second-order valence-electron chi connectivity index (χ2n) is 6.35. The fourth-order valence-corrected chi connectivity index (χ4v) is 2.93. The normalized spacial score (nSPS) is 14.0. The Morgan fingerprint density at radius 1 is 1.28 bits per heavy atom. The quantitative estimate of drug-likeness (QED) is 0.903. The number of nitrogens with zero attached hydrogens (tertiary/aromatic N) is 4. The standard InChI is InChI=1S/C18H23N5O2/c1-21(12-15-11-20-22(2)13-15)18(25)19-10-14-5-7-16(8-6-14)23-9-3-4-17(23)24/h5-8,11,13H,3-4,9-10,12H2,1-2H3,(H,19,25). The van der Waals surface area contributed by atoms with E-state index in [2.05, 4.69) is 10.4 Å². The summed E-state index contributed by atoms with van der Waals surface area (Å²) >= 11 is 0. The van der Waals surface area contributed by atoms with Crippen LogP contribution in [0.3, 0.4) is 0 Å². The molecule has 132 valence electrons. The molecule has 3 rings (SSSR count). The van der Waals surface area contributed by atoms with E-state index in [0.717, 1.165) is 29.8 Å². The molecule has 1 saturated heterocycles. The van der Waals surface area contributed by atoms with Gasteiger partial charge >= 0.3 is 6.03 Å². The molecule has 1 aliphatic rings. The molecule has 3 amide bonds. The van der Waals surface area contributed by atoms with Gasteiger partial charge in [-0.1, -0.05) is 12.1 Å². The molecule has 0 spiro atoms. The number of rotatable bonds is 5. The molecule has 2 aromatic rings. The summed E-state index contributed by atoms with van der Waals surface area (Å²) in [6.45, 7) is 1.74. The highest BCUT2D eigenvalue weighted by atomic mass is 16.2. The van der Waals surface area contributed by atoms with Crippen LogP contribution in [0.25, 0.3) is 0 Å². The monoisotopic (exact) mass is 341 g/mol. The zero-order valence-corrected chi connectivity index (χ0v) is 14.6. The smallest absolute Gasteiger partial charge is 0.317 e. The summed E-state index contributed by atoms with van der Waals surface area (Å²) in [7, 11) is 3.60. The molecule has 1 fully saturated rings. The van der Waals surface area contributed by atoms with Crippen molar-refractivity contribution in [2.75, 3.05) is 18.5 Å². The topological polar surface area (TPSA) is 70.5 Å². The van der Waals surface area contributed by atoms with E-state index in [4.69, 9.17) is 0 Å². The number of benzene rings is 1. The molecule has 0 atom stereocenters. The highest BCUT2D eigenvalue weighted by Gasteiger charge is 2.21. The Balaban J connectivity index is 1.50. The van der Waals surface area contributed by atoms with Crippen LogP contribution in [0.2, 0.25) is 0 Å². The van der Waals surface area contributed by atoms with Gasteiger partial charge in [0, 0.05) is 51.1 Å². The van der Waals surface area contributed by atoms with Gasteiger partial charge in [0.1, 0.15) is 0 Å². The molecule has 0 aliphatic carbocycles. The van der Waals surface area contributed by atoms with Crippen LogP contribution < -0.4 is 10.2 Å². The van der Waals surface area contributed by atoms with Crippen molar-refractivity contribution in [2.24, 2.45) is 7.05 Å². The van der Waals surface area contributed by atoms with E-state index < -0.39 is 0 Å². The molecule has 0 saturated carbocycles. The first-order valence-electron chi connectivity index (χ1n) is 8.39. The number of hydrogen-bond donors (Lipinski definition) is 1. The van der Waals surface area contributed by atoms with Crippen LogP contribution in [0.1, 0.15) is 24.0 Å². The first-order chi connectivity index (χ1) is 12.0. The first kappa shape index (κ1) is 17.0. The second-order valence-corrected chi connectivity index (χ2v) is 6.35. The summed E-state index contributed by atoms with van der Waals surface area (Å²) in [6, 6.07) is 7.63. The first-order valence-corrected chi connectivity index (χ1v) is 8.39. The van der Waals surface area contributed by atoms with E-state index in [1.165, 1.54) is 0 Å². The average Bonchev–Trinajstić information content (AvgIpc) is 3.21. The molecule has 7 heteroatoms. The van der Waals surface area contributed by atoms with Crippen molar-refractivity contribution in [1.29, 1.82) is 0 Å². The van der Waals surface area contributed by atoms with Crippen molar-refractivity contribution in [3.63, 3.8) is 0 Å². The van der Waals surface area contributed by atoms with Crippen LogP contribution in [-0.4, -0.2) is 40.2 Å². The van der Waals surface area contributed by atoms with Gasteiger partial charge in [0.2, 0.25) is 5.91 Å². The zero-order valence-electron chi connectivity index (χ0n) is 14.6. The highest BCUT2D eigenvalue weighted by molar-refractivity contribution is 5.95. The highest BCUT2D eigenvalue weighted by Crippen LogP contribution is 2.21. The van der Waals surface area contributed by atoms with Crippen LogP contribution in [0.15, 0.2) is 36.7 Å². The van der Waals surface area contributed by atoms with Crippen molar-refractivity contribution >= 4 is 17.6 Å². The van der Waals surface area contributed by atoms with E-state index in [1.54, 1.807) is 22.8 Å². The largest absolute Gasteiger partial charge is 0.334 e. The Labute approximate surface area is 147 Å². The number of carbonyl (C=O) groups is 2. The third-order valence-electron chi connectivity index (χ3n) is 4.29. The molecule has 2 heterocycles. The lowest BCUT2D eigenvalue weighted by Gasteiger charge is -2.18. The third-order valence-corrected chi connectivity index (χ3v) is 4.29. The van der Waals surface area contributed by atoms with Gasteiger partial charge in [0.25, 0.3) is 0 Å². The minimum absolute atomic E-state index is 0.136. The summed E-state index contributed by atoms with van der Waals surface area (Å²) < 4.78 is 1.72. The van der Waals surface area contributed by atoms with Crippen molar-refractivity contribution in [1.82, 2.24) is 20.0 Å². The maximum atomic E-state index is 12.2. The number of urea groups is 1. The average molecular weight is 341 g/mol. The Morgan fingerprint density at radius 2 is 2.04 bits per heavy atom. The van der Waals surface area contributed by atoms with Gasteiger partial charge in [0.15, 0.2) is 0 Å². The predicted octanol–water partition coefficient (Wildman–Crippen LogP) is 1.89. The van der Waals surface area contributed by atoms with Crippen molar-refractivity contribution in [3.8, 4) is 0 Å². The summed E-state index contributed by atoms with van der Waals surface area (Å²) in [6.07, 6.45) is 5.19. The van der Waals surface area contributed by atoms with Gasteiger partial charge in [0.05, 0.1) is 12.7 Å². The molecular weight excluding hydrogens is 318 g/mol. The van der Waals surface area contributed by atoms with Gasteiger partial charge < -0.3 is 15.1 Å². The van der Waals surface area contributed by atoms with Gasteiger partial charge in [-0.3, -0.25) is 9.48 Å². The van der Waals surface area contributed by atoms with Gasteiger partial charge in [-0.25, -0.2) is 4.79 Å². The number of carbonyl (C=O) groups excluding carboxylic acids is 2. The fraction of sp³-hybridized carbons (Fsp3) is 0.389. The molecule has 0 bridgehead atoms. The van der Waals surface area contributed by atoms with E-state index in [1.807, 2.05) is 42.4 Å². The second kappa shape index (κ2) is 7.38. The molecule has 25 heavy (non-hydrogen) atoms. The molecule has 0 radical (unpaired) electrons. The maximum Gasteiger partial charge on any atom is 0.317 e. The lowest BCUT2D eigenvalue weighted by atomic mass is 10.2. The lowest BCUT2D eigenvalue weighted by molar-refractivity contribution is -0.117. The third kappa shape index (κ3) is 4.17. The van der Waals surface area contributed by atoms with Gasteiger partial charge in [-0.2, -0.15) is 5.10 Å². The summed E-state index contributed by atoms with van der Waals surface area (Å²) in [4.78, 5) is 27.4. The number of aromatic nitrogens is 2. The molecule has 7 nitrogen and oxygen atoms in total. The summed E-state index contributed by atoms with van der Waals surface area (Å²) in [5.74, 6) is 0.179. The van der Waals surface area contributed by atoms with E-state index in [0.29, 0.717) is 19.5 Å². The molecular formula is C18H23N5O2. The molecule has 1 aliphatic heterocycles. The van der Waals surface area contributed by atoms with Crippen LogP contribution in [0.4, 0.5) is 10.5 Å². The number of amides is 3. The minimum atomic E-state index is -0.136. The Kier molecular flexibility index (Phi) is 5.02. The Morgan fingerprint density at radius 3 is 2.64 bits per heavy atom.